The van der Waals surface area contributed by atoms with Gasteiger partial charge in [0.05, 0.1) is 22.8 Å². The summed E-state index contributed by atoms with van der Waals surface area (Å²) in [7, 11) is -2.27. The summed E-state index contributed by atoms with van der Waals surface area (Å²) in [6.45, 7) is 0.153. The van der Waals surface area contributed by atoms with E-state index in [9.17, 15) is 13.2 Å². The average Bonchev–Trinajstić information content (AvgIpc) is 3.36. The number of hydrogen-bond donors (Lipinski definition) is 0. The molecule has 0 atom stereocenters. The van der Waals surface area contributed by atoms with Crippen molar-refractivity contribution in [2.24, 2.45) is 0 Å². The summed E-state index contributed by atoms with van der Waals surface area (Å²) in [5, 5.41) is 3.92. The van der Waals surface area contributed by atoms with E-state index in [0.29, 0.717) is 30.2 Å². The Morgan fingerprint density at radius 3 is 2.50 bits per heavy atom. The molecule has 34 heavy (non-hydrogen) atoms. The minimum Gasteiger partial charge on any atom is -0.462 e. The number of aryl methyl sites for hydroxylation is 1. The molecule has 2 aromatic heterocycles. The van der Waals surface area contributed by atoms with E-state index in [1.807, 2.05) is 12.1 Å². The van der Waals surface area contributed by atoms with Crippen molar-refractivity contribution in [3.05, 3.63) is 90.6 Å². The molecular weight excluding hydrogens is 456 g/mol. The van der Waals surface area contributed by atoms with Crippen molar-refractivity contribution in [2.75, 3.05) is 18.0 Å². The van der Waals surface area contributed by atoms with Crippen LogP contribution in [0.3, 0.4) is 0 Å². The van der Waals surface area contributed by atoms with Gasteiger partial charge in [0.2, 0.25) is 11.7 Å². The molecule has 0 spiro atoms. The third-order valence-electron chi connectivity index (χ3n) is 5.02. The number of sulfonamides is 1. The lowest BCUT2D eigenvalue weighted by Crippen LogP contribution is -2.26. The first-order valence-corrected chi connectivity index (χ1v) is 11.9. The molecule has 0 radical (unpaired) electrons. The molecule has 0 saturated carbocycles. The van der Waals surface area contributed by atoms with Crippen molar-refractivity contribution in [1.82, 2.24) is 15.1 Å². The number of ether oxygens (including phenoxy) is 1. The highest BCUT2D eigenvalue weighted by molar-refractivity contribution is 7.92. The Morgan fingerprint density at radius 2 is 1.79 bits per heavy atom. The topological polar surface area (TPSA) is 115 Å². The number of rotatable bonds is 9. The van der Waals surface area contributed by atoms with Gasteiger partial charge in [0, 0.05) is 31.4 Å². The molecule has 0 saturated heterocycles. The van der Waals surface area contributed by atoms with E-state index < -0.39 is 16.0 Å². The molecular formula is C24H22N4O5S. The maximum Gasteiger partial charge on any atom is 0.338 e. The minimum atomic E-state index is -3.75. The van der Waals surface area contributed by atoms with Gasteiger partial charge in [-0.3, -0.25) is 9.29 Å². The summed E-state index contributed by atoms with van der Waals surface area (Å²) in [6.07, 6.45) is 4.25. The summed E-state index contributed by atoms with van der Waals surface area (Å²) >= 11 is 0. The lowest BCUT2D eigenvalue weighted by atomic mass is 10.2. The van der Waals surface area contributed by atoms with Crippen LogP contribution in [0.2, 0.25) is 0 Å². The second-order valence-electron chi connectivity index (χ2n) is 7.33. The largest absolute Gasteiger partial charge is 0.462 e. The molecule has 4 aromatic rings. The molecule has 0 amide bonds. The van der Waals surface area contributed by atoms with Crippen LogP contribution in [-0.2, 0) is 21.2 Å². The Bertz CT molecular complexity index is 1340. The molecule has 2 aromatic carbocycles. The van der Waals surface area contributed by atoms with Crippen LogP contribution in [0.4, 0.5) is 5.69 Å². The molecule has 0 unspecified atom stereocenters. The van der Waals surface area contributed by atoms with Crippen LogP contribution < -0.4 is 4.31 Å². The zero-order valence-electron chi connectivity index (χ0n) is 18.4. The Kier molecular flexibility index (Phi) is 6.98. The Labute approximate surface area is 197 Å². The van der Waals surface area contributed by atoms with Gasteiger partial charge in [-0.25, -0.2) is 13.2 Å². The van der Waals surface area contributed by atoms with E-state index in [1.165, 1.54) is 35.6 Å². The number of carbonyl (C=O) groups is 1. The SMILES string of the molecule is CN(c1ccccc1)S(=O)(=O)c1ccc(C(=O)OCCCc2nc(-c3cccnc3)no2)cc1. The fraction of sp³-hybridized carbons (Fsp3) is 0.167. The van der Waals surface area contributed by atoms with Crippen LogP contribution in [-0.4, -0.2) is 43.2 Å². The second-order valence-corrected chi connectivity index (χ2v) is 9.29. The Morgan fingerprint density at radius 1 is 1.03 bits per heavy atom. The van der Waals surface area contributed by atoms with Crippen LogP contribution >= 0.6 is 0 Å². The van der Waals surface area contributed by atoms with Gasteiger partial charge >= 0.3 is 5.97 Å². The van der Waals surface area contributed by atoms with E-state index >= 15 is 0 Å². The van der Waals surface area contributed by atoms with Gasteiger partial charge in [0.1, 0.15) is 0 Å². The van der Waals surface area contributed by atoms with Crippen LogP contribution in [0.1, 0.15) is 22.7 Å². The lowest BCUT2D eigenvalue weighted by Gasteiger charge is -2.19. The summed E-state index contributed by atoms with van der Waals surface area (Å²) in [4.78, 5) is 20.7. The molecule has 0 aliphatic rings. The zero-order chi connectivity index (χ0) is 24.0. The van der Waals surface area contributed by atoms with E-state index in [0.717, 1.165) is 5.56 Å². The predicted molar refractivity (Wildman–Crippen MR) is 125 cm³/mol. The monoisotopic (exact) mass is 478 g/mol. The van der Waals surface area contributed by atoms with E-state index in [1.54, 1.807) is 42.7 Å². The summed E-state index contributed by atoms with van der Waals surface area (Å²) in [5.41, 5.74) is 1.56. The van der Waals surface area contributed by atoms with E-state index in [4.69, 9.17) is 9.26 Å². The number of nitrogens with zero attached hydrogens (tertiary/aromatic N) is 4. The van der Waals surface area contributed by atoms with Gasteiger partial charge < -0.3 is 9.26 Å². The molecule has 4 rings (SSSR count). The van der Waals surface area contributed by atoms with Crippen LogP contribution in [0.5, 0.6) is 0 Å². The first kappa shape index (κ1) is 23.1. The van der Waals surface area contributed by atoms with E-state index in [2.05, 4.69) is 15.1 Å². The Balaban J connectivity index is 1.29. The van der Waals surface area contributed by atoms with Crippen molar-refractivity contribution >= 4 is 21.7 Å². The molecule has 0 N–H and O–H groups in total. The van der Waals surface area contributed by atoms with Gasteiger partial charge in [0.25, 0.3) is 10.0 Å². The number of benzene rings is 2. The number of pyridine rings is 1. The van der Waals surface area contributed by atoms with Crippen molar-refractivity contribution in [3.63, 3.8) is 0 Å². The highest BCUT2D eigenvalue weighted by Gasteiger charge is 2.21. The second kappa shape index (κ2) is 10.3. The fourth-order valence-corrected chi connectivity index (χ4v) is 4.33. The number of esters is 1. The molecule has 2 heterocycles. The smallest absolute Gasteiger partial charge is 0.338 e. The first-order valence-electron chi connectivity index (χ1n) is 10.5. The molecule has 0 bridgehead atoms. The normalized spacial score (nSPS) is 11.2. The Hall–Kier alpha value is -4.05. The molecule has 0 fully saturated rings. The van der Waals surface area contributed by atoms with Gasteiger partial charge in [-0.2, -0.15) is 4.98 Å². The molecule has 9 nitrogen and oxygen atoms in total. The van der Waals surface area contributed by atoms with Crippen LogP contribution in [0, 0.1) is 0 Å². The van der Waals surface area contributed by atoms with Crippen molar-refractivity contribution in [3.8, 4) is 11.4 Å². The molecule has 0 aliphatic carbocycles. The molecule has 10 heteroatoms. The third kappa shape index (κ3) is 5.29. The summed E-state index contributed by atoms with van der Waals surface area (Å²) < 4.78 is 37.4. The number of hydrogen-bond acceptors (Lipinski definition) is 8. The van der Waals surface area contributed by atoms with Gasteiger partial charge in [-0.05, 0) is 55.0 Å². The standard InChI is InChI=1S/C24H22N4O5S/c1-28(20-8-3-2-4-9-20)34(30,31)21-13-11-18(12-14-21)24(29)32-16-6-10-22-26-23(27-33-22)19-7-5-15-25-17-19/h2-5,7-9,11-15,17H,6,10,16H2,1H3. The molecule has 174 valence electrons. The van der Waals surface area contributed by atoms with Gasteiger partial charge in [-0.15, -0.1) is 0 Å². The van der Waals surface area contributed by atoms with Crippen molar-refractivity contribution < 1.29 is 22.5 Å². The maximum absolute atomic E-state index is 12.8. The fourth-order valence-electron chi connectivity index (χ4n) is 3.14. The zero-order valence-corrected chi connectivity index (χ0v) is 19.2. The third-order valence-corrected chi connectivity index (χ3v) is 6.82. The van der Waals surface area contributed by atoms with E-state index in [-0.39, 0.29) is 17.1 Å². The number of carbonyl (C=O) groups excluding carboxylic acids is 1. The maximum atomic E-state index is 12.8. The summed E-state index contributed by atoms with van der Waals surface area (Å²) in [6, 6.07) is 18.0. The highest BCUT2D eigenvalue weighted by atomic mass is 32.2. The van der Waals surface area contributed by atoms with Crippen LogP contribution in [0.15, 0.2) is 88.5 Å². The lowest BCUT2D eigenvalue weighted by molar-refractivity contribution is 0.0498. The van der Waals surface area contributed by atoms with Crippen molar-refractivity contribution in [2.45, 2.75) is 17.7 Å². The average molecular weight is 479 g/mol. The van der Waals surface area contributed by atoms with Crippen molar-refractivity contribution in [1.29, 1.82) is 0 Å². The predicted octanol–water partition coefficient (Wildman–Crippen LogP) is 3.75. The summed E-state index contributed by atoms with van der Waals surface area (Å²) in [5.74, 6) is 0.349. The number of aromatic nitrogens is 3. The number of para-hydroxylation sites is 1. The minimum absolute atomic E-state index is 0.0798. The van der Waals surface area contributed by atoms with Gasteiger partial charge in [0.15, 0.2) is 0 Å². The first-order chi connectivity index (χ1) is 16.4. The quantitative estimate of drug-likeness (QED) is 0.264. The number of anilines is 1. The molecule has 0 aliphatic heterocycles. The highest BCUT2D eigenvalue weighted by Crippen LogP contribution is 2.22. The van der Waals surface area contributed by atoms with Gasteiger partial charge in [-0.1, -0.05) is 23.4 Å². The van der Waals surface area contributed by atoms with Crippen LogP contribution in [0.25, 0.3) is 11.4 Å².